The van der Waals surface area contributed by atoms with E-state index in [1.54, 1.807) is 18.5 Å². The van der Waals surface area contributed by atoms with Crippen LogP contribution >= 0.6 is 11.3 Å². The number of thiophene rings is 1. The number of nitrogens with zero attached hydrogens (tertiary/aromatic N) is 1. The van der Waals surface area contributed by atoms with E-state index in [0.29, 0.717) is 33.6 Å². The summed E-state index contributed by atoms with van der Waals surface area (Å²) in [6.45, 7) is 0.358. The number of rotatable bonds is 6. The molecule has 1 aliphatic rings. The number of nitrogens with one attached hydrogen (secondary N) is 2. The van der Waals surface area contributed by atoms with Gasteiger partial charge in [-0.25, -0.2) is 4.39 Å². The van der Waals surface area contributed by atoms with Gasteiger partial charge in [-0.3, -0.25) is 14.6 Å². The number of furan rings is 1. The summed E-state index contributed by atoms with van der Waals surface area (Å²) >= 11 is 1.46. The van der Waals surface area contributed by atoms with Crippen LogP contribution in [0.2, 0.25) is 0 Å². The predicted octanol–water partition coefficient (Wildman–Crippen LogP) is 4.63. The van der Waals surface area contributed by atoms with Gasteiger partial charge in [-0.15, -0.1) is 11.3 Å². The lowest BCUT2D eigenvalue weighted by Crippen LogP contribution is -2.25. The largest absolute Gasteiger partial charge is 0.464 e. The molecule has 6 nitrogen and oxygen atoms in total. The van der Waals surface area contributed by atoms with Crippen molar-refractivity contribution >= 4 is 39.1 Å². The average molecular weight is 450 g/mol. The molecule has 32 heavy (non-hydrogen) atoms. The van der Waals surface area contributed by atoms with Crippen molar-refractivity contribution in [1.29, 1.82) is 0 Å². The van der Waals surface area contributed by atoms with Gasteiger partial charge in [0.05, 0.1) is 18.2 Å². The van der Waals surface area contributed by atoms with Crippen molar-refractivity contribution in [1.82, 2.24) is 10.3 Å². The molecule has 2 N–H and O–H groups in total. The van der Waals surface area contributed by atoms with Crippen LogP contribution in [0.15, 0.2) is 53.4 Å². The molecule has 0 atom stereocenters. The molecule has 2 amide bonds. The van der Waals surface area contributed by atoms with Gasteiger partial charge in [0.1, 0.15) is 16.4 Å². The molecule has 0 aliphatic heterocycles. The number of halogens is 1. The van der Waals surface area contributed by atoms with Gasteiger partial charge in [-0.1, -0.05) is 6.07 Å². The van der Waals surface area contributed by atoms with Gasteiger partial charge in [0.25, 0.3) is 5.91 Å². The minimum absolute atomic E-state index is 0.0236. The van der Waals surface area contributed by atoms with Crippen LogP contribution in [0, 0.1) is 5.82 Å². The monoisotopic (exact) mass is 449 g/mol. The number of aromatic nitrogens is 1. The molecular formula is C24H20FN3O3S. The number of amides is 2. The fraction of sp³-hybridized carbons (Fsp3) is 0.208. The number of hydrogen-bond acceptors (Lipinski definition) is 5. The lowest BCUT2D eigenvalue weighted by atomic mass is 10.1. The molecule has 1 aromatic carbocycles. The Labute approximate surface area is 187 Å². The van der Waals surface area contributed by atoms with E-state index in [1.165, 1.54) is 29.7 Å². The minimum atomic E-state index is -0.386. The summed E-state index contributed by atoms with van der Waals surface area (Å²) in [7, 11) is 0. The molecule has 0 fully saturated rings. The summed E-state index contributed by atoms with van der Waals surface area (Å²) < 4.78 is 19.0. The number of anilines is 1. The Morgan fingerprint density at radius 1 is 1.22 bits per heavy atom. The van der Waals surface area contributed by atoms with Gasteiger partial charge >= 0.3 is 0 Å². The number of carbonyl (C=O) groups is 2. The van der Waals surface area contributed by atoms with E-state index in [-0.39, 0.29) is 24.1 Å². The van der Waals surface area contributed by atoms with Gasteiger partial charge < -0.3 is 15.1 Å². The van der Waals surface area contributed by atoms with Crippen molar-refractivity contribution in [3.8, 4) is 0 Å². The lowest BCUT2D eigenvalue weighted by molar-refractivity contribution is -0.115. The Kier molecular flexibility index (Phi) is 5.45. The normalized spacial score (nSPS) is 12.7. The maximum atomic E-state index is 13.6. The SMILES string of the molecule is O=C(Cc1coc2ccc(F)cc12)Nc1sc2c(c1C(=O)NCc1cccnc1)CCC2. The number of pyridine rings is 1. The molecule has 3 heterocycles. The van der Waals surface area contributed by atoms with Gasteiger partial charge in [0, 0.05) is 34.8 Å². The third-order valence-electron chi connectivity index (χ3n) is 5.54. The summed E-state index contributed by atoms with van der Waals surface area (Å²) in [5.74, 6) is -0.875. The Bertz CT molecular complexity index is 1310. The molecule has 0 spiro atoms. The minimum Gasteiger partial charge on any atom is -0.464 e. The molecule has 0 saturated carbocycles. The maximum Gasteiger partial charge on any atom is 0.254 e. The second-order valence-corrected chi connectivity index (χ2v) is 8.84. The number of fused-ring (bicyclic) bond motifs is 2. The zero-order valence-electron chi connectivity index (χ0n) is 17.1. The summed E-state index contributed by atoms with van der Waals surface area (Å²) in [6, 6.07) is 7.94. The van der Waals surface area contributed by atoms with Crippen LogP contribution < -0.4 is 10.6 Å². The Morgan fingerprint density at radius 3 is 2.97 bits per heavy atom. The first-order valence-electron chi connectivity index (χ1n) is 10.4. The van der Waals surface area contributed by atoms with Gasteiger partial charge in [-0.2, -0.15) is 0 Å². The summed E-state index contributed by atoms with van der Waals surface area (Å²) in [4.78, 5) is 31.1. The second kappa shape index (κ2) is 8.55. The molecule has 162 valence electrons. The highest BCUT2D eigenvalue weighted by molar-refractivity contribution is 7.17. The van der Waals surface area contributed by atoms with Gasteiger partial charge in [0.15, 0.2) is 0 Å². The van der Waals surface area contributed by atoms with Crippen LogP contribution in [0.25, 0.3) is 11.0 Å². The lowest BCUT2D eigenvalue weighted by Gasteiger charge is -2.09. The van der Waals surface area contributed by atoms with Crippen LogP contribution in [0.5, 0.6) is 0 Å². The Morgan fingerprint density at radius 2 is 2.12 bits per heavy atom. The highest BCUT2D eigenvalue weighted by Crippen LogP contribution is 2.39. The number of carbonyl (C=O) groups excluding carboxylic acids is 2. The Balaban J connectivity index is 1.35. The second-order valence-electron chi connectivity index (χ2n) is 7.73. The van der Waals surface area contributed by atoms with Crippen LogP contribution in [-0.4, -0.2) is 16.8 Å². The number of aryl methyl sites for hydroxylation is 1. The van der Waals surface area contributed by atoms with Gasteiger partial charge in [-0.05, 0) is 54.7 Å². The summed E-state index contributed by atoms with van der Waals surface area (Å²) in [5.41, 5.74) is 3.59. The summed E-state index contributed by atoms with van der Waals surface area (Å²) in [6.07, 6.45) is 7.62. The van der Waals surface area contributed by atoms with E-state index < -0.39 is 0 Å². The first-order chi connectivity index (χ1) is 15.6. The van der Waals surface area contributed by atoms with Crippen molar-refractivity contribution in [3.63, 3.8) is 0 Å². The fourth-order valence-electron chi connectivity index (χ4n) is 4.04. The third kappa shape index (κ3) is 4.01. The third-order valence-corrected chi connectivity index (χ3v) is 6.75. The molecule has 8 heteroatoms. The number of benzene rings is 1. The predicted molar refractivity (Wildman–Crippen MR) is 120 cm³/mol. The van der Waals surface area contributed by atoms with Crippen molar-refractivity contribution in [2.45, 2.75) is 32.2 Å². The molecule has 1 aliphatic carbocycles. The smallest absolute Gasteiger partial charge is 0.254 e. The van der Waals surface area contributed by atoms with Gasteiger partial charge in [0.2, 0.25) is 5.91 Å². The highest BCUT2D eigenvalue weighted by Gasteiger charge is 2.27. The molecule has 0 saturated heterocycles. The van der Waals surface area contributed by atoms with E-state index in [0.717, 1.165) is 35.3 Å². The first kappa shape index (κ1) is 20.4. The molecular weight excluding hydrogens is 429 g/mol. The van der Waals surface area contributed by atoms with E-state index in [9.17, 15) is 14.0 Å². The highest BCUT2D eigenvalue weighted by atomic mass is 32.1. The van der Waals surface area contributed by atoms with E-state index >= 15 is 0 Å². The standard InChI is InChI=1S/C24H20FN3O3S/c25-16-6-7-19-18(10-16)15(13-31-19)9-21(29)28-24-22(17-4-1-5-20(17)32-24)23(30)27-12-14-3-2-8-26-11-14/h2-3,6-8,10-11,13H,1,4-5,9,12H2,(H,27,30)(H,28,29). The van der Waals surface area contributed by atoms with E-state index in [1.807, 2.05) is 12.1 Å². The van der Waals surface area contributed by atoms with Crippen LogP contribution in [-0.2, 0) is 30.6 Å². The molecule has 0 bridgehead atoms. The van der Waals surface area contributed by atoms with Crippen molar-refractivity contribution in [2.24, 2.45) is 0 Å². The molecule has 0 unspecified atom stereocenters. The quantitative estimate of drug-likeness (QED) is 0.450. The zero-order valence-corrected chi connectivity index (χ0v) is 17.9. The van der Waals surface area contributed by atoms with Crippen molar-refractivity contribution in [2.75, 3.05) is 5.32 Å². The number of hydrogen-bond donors (Lipinski definition) is 2. The van der Waals surface area contributed by atoms with E-state index in [4.69, 9.17) is 4.42 Å². The van der Waals surface area contributed by atoms with Crippen LogP contribution in [0.3, 0.4) is 0 Å². The zero-order chi connectivity index (χ0) is 22.1. The summed E-state index contributed by atoms with van der Waals surface area (Å²) in [5, 5.41) is 6.98. The Hall–Kier alpha value is -3.52. The first-order valence-corrected chi connectivity index (χ1v) is 11.2. The fourth-order valence-corrected chi connectivity index (χ4v) is 5.34. The molecule has 3 aromatic heterocycles. The van der Waals surface area contributed by atoms with Crippen molar-refractivity contribution < 1.29 is 18.4 Å². The average Bonchev–Trinajstić information content (AvgIpc) is 3.48. The van der Waals surface area contributed by atoms with Crippen LogP contribution in [0.4, 0.5) is 9.39 Å². The molecule has 5 rings (SSSR count). The maximum absolute atomic E-state index is 13.6. The van der Waals surface area contributed by atoms with E-state index in [2.05, 4.69) is 15.6 Å². The topological polar surface area (TPSA) is 84.2 Å². The van der Waals surface area contributed by atoms with Crippen molar-refractivity contribution in [3.05, 3.63) is 81.9 Å². The molecule has 4 aromatic rings. The van der Waals surface area contributed by atoms with Crippen LogP contribution in [0.1, 0.15) is 38.3 Å². The molecule has 0 radical (unpaired) electrons.